The van der Waals surface area contributed by atoms with Gasteiger partial charge in [-0.2, -0.15) is 0 Å². The zero-order chi connectivity index (χ0) is 20.4. The second kappa shape index (κ2) is 9.01. The molecule has 154 valence electrons. The first-order chi connectivity index (χ1) is 14.0. The van der Waals surface area contributed by atoms with E-state index in [0.717, 1.165) is 66.6 Å². The summed E-state index contributed by atoms with van der Waals surface area (Å²) in [5.41, 5.74) is 2.55. The lowest BCUT2D eigenvalue weighted by molar-refractivity contribution is 0.0376. The lowest BCUT2D eigenvalue weighted by Crippen LogP contribution is -2.39. The zero-order valence-corrected chi connectivity index (χ0v) is 18.7. The lowest BCUT2D eigenvalue weighted by Gasteiger charge is -2.27. The predicted octanol–water partition coefficient (Wildman–Crippen LogP) is 3.79. The molecule has 3 aromatic rings. The number of carbonyl (C=O) groups excluding carboxylic acids is 1. The van der Waals surface area contributed by atoms with Crippen molar-refractivity contribution in [2.45, 2.75) is 20.3 Å². The van der Waals surface area contributed by atoms with Crippen LogP contribution >= 0.6 is 34.5 Å². The van der Waals surface area contributed by atoms with E-state index >= 15 is 0 Å². The zero-order valence-electron chi connectivity index (χ0n) is 16.4. The number of halogens is 1. The van der Waals surface area contributed by atoms with E-state index in [4.69, 9.17) is 21.3 Å². The highest BCUT2D eigenvalue weighted by molar-refractivity contribution is 7.22. The summed E-state index contributed by atoms with van der Waals surface area (Å²) in [7, 11) is 0. The molecule has 0 unspecified atom stereocenters. The Morgan fingerprint density at radius 2 is 2.10 bits per heavy atom. The number of carbonyl (C=O) groups is 1. The highest BCUT2D eigenvalue weighted by Gasteiger charge is 2.25. The van der Waals surface area contributed by atoms with E-state index in [2.05, 4.69) is 14.5 Å². The van der Waals surface area contributed by atoms with Gasteiger partial charge in [-0.05, 0) is 49.5 Å². The number of aromatic nitrogens is 3. The number of morpholine rings is 1. The van der Waals surface area contributed by atoms with Gasteiger partial charge in [0.15, 0.2) is 5.13 Å². The molecule has 1 saturated heterocycles. The average Bonchev–Trinajstić information content (AvgIpc) is 3.32. The summed E-state index contributed by atoms with van der Waals surface area (Å²) in [5.74, 6) is -0.0951. The predicted molar refractivity (Wildman–Crippen MR) is 118 cm³/mol. The second-order valence-corrected chi connectivity index (χ2v) is 9.22. The van der Waals surface area contributed by atoms with Gasteiger partial charge in [0.1, 0.15) is 4.88 Å². The fourth-order valence-electron chi connectivity index (χ4n) is 3.37. The molecule has 0 atom stereocenters. The van der Waals surface area contributed by atoms with Gasteiger partial charge in [-0.1, -0.05) is 27.4 Å². The van der Waals surface area contributed by atoms with Crippen molar-refractivity contribution < 1.29 is 9.53 Å². The standard InChI is InChI=1S/C19H22ClN5O2S2/c1-12-10-14(20)11-15-16(12)21-19(28-15)25(18(26)17-13(2)22-23-29-17)5-3-4-24-6-8-27-9-7-24/h10-11H,3-9H2,1-2H3. The summed E-state index contributed by atoms with van der Waals surface area (Å²) in [6.07, 6.45) is 0.854. The van der Waals surface area contributed by atoms with E-state index in [9.17, 15) is 4.79 Å². The fraction of sp³-hybridized carbons (Fsp3) is 0.474. The van der Waals surface area contributed by atoms with Gasteiger partial charge in [-0.25, -0.2) is 4.98 Å². The molecule has 1 aliphatic rings. The Bertz CT molecular complexity index is 1020. The molecule has 3 heterocycles. The molecule has 1 aliphatic heterocycles. The molecule has 1 amide bonds. The molecule has 0 saturated carbocycles. The van der Waals surface area contributed by atoms with Crippen LogP contribution < -0.4 is 4.90 Å². The molecule has 29 heavy (non-hydrogen) atoms. The van der Waals surface area contributed by atoms with Gasteiger partial charge in [-0.3, -0.25) is 14.6 Å². The topological polar surface area (TPSA) is 71.5 Å². The van der Waals surface area contributed by atoms with E-state index in [1.807, 2.05) is 26.0 Å². The van der Waals surface area contributed by atoms with Gasteiger partial charge >= 0.3 is 0 Å². The van der Waals surface area contributed by atoms with Crippen LogP contribution in [-0.2, 0) is 4.74 Å². The minimum absolute atomic E-state index is 0.0951. The van der Waals surface area contributed by atoms with E-state index in [-0.39, 0.29) is 5.91 Å². The van der Waals surface area contributed by atoms with Crippen molar-refractivity contribution in [1.82, 2.24) is 19.5 Å². The average molecular weight is 452 g/mol. The third-order valence-corrected chi connectivity index (χ3v) is 6.98. The molecule has 4 rings (SSSR count). The number of hydrogen-bond donors (Lipinski definition) is 0. The first-order valence-corrected chi connectivity index (χ1v) is 11.5. The maximum Gasteiger partial charge on any atom is 0.273 e. The molecule has 10 heteroatoms. The van der Waals surface area contributed by atoms with Gasteiger partial charge in [0.25, 0.3) is 5.91 Å². The van der Waals surface area contributed by atoms with Crippen molar-refractivity contribution in [1.29, 1.82) is 0 Å². The molecule has 0 bridgehead atoms. The second-order valence-electron chi connectivity index (χ2n) is 7.02. The summed E-state index contributed by atoms with van der Waals surface area (Å²) in [5, 5.41) is 5.36. The molecular weight excluding hydrogens is 430 g/mol. The van der Waals surface area contributed by atoms with Crippen molar-refractivity contribution in [3.63, 3.8) is 0 Å². The fourth-order valence-corrected chi connectivity index (χ4v) is 5.42. The largest absolute Gasteiger partial charge is 0.379 e. The number of amides is 1. The van der Waals surface area contributed by atoms with Gasteiger partial charge in [-0.15, -0.1) is 5.10 Å². The summed E-state index contributed by atoms with van der Waals surface area (Å²) in [4.78, 5) is 22.8. The maximum atomic E-state index is 13.3. The summed E-state index contributed by atoms with van der Waals surface area (Å²) in [6, 6.07) is 3.80. The number of ether oxygens (including phenoxy) is 1. The van der Waals surface area contributed by atoms with Gasteiger partial charge in [0, 0.05) is 31.2 Å². The van der Waals surface area contributed by atoms with Crippen LogP contribution in [0.3, 0.4) is 0 Å². The van der Waals surface area contributed by atoms with Crippen molar-refractivity contribution in [2.24, 2.45) is 0 Å². The number of hydrogen-bond acceptors (Lipinski definition) is 8. The summed E-state index contributed by atoms with van der Waals surface area (Å²) in [6.45, 7) is 8.71. The van der Waals surface area contributed by atoms with Gasteiger partial charge in [0.2, 0.25) is 0 Å². The molecule has 7 nitrogen and oxygen atoms in total. The summed E-state index contributed by atoms with van der Waals surface area (Å²) < 4.78 is 10.3. The number of rotatable bonds is 6. The highest BCUT2D eigenvalue weighted by Crippen LogP contribution is 2.34. The number of anilines is 1. The number of nitrogens with zero attached hydrogens (tertiary/aromatic N) is 5. The third-order valence-electron chi connectivity index (χ3n) is 4.92. The molecule has 1 fully saturated rings. The Morgan fingerprint density at radius 1 is 1.31 bits per heavy atom. The first-order valence-electron chi connectivity index (χ1n) is 9.50. The van der Waals surface area contributed by atoms with E-state index in [1.54, 1.807) is 4.90 Å². The number of fused-ring (bicyclic) bond motifs is 1. The van der Waals surface area contributed by atoms with Crippen molar-refractivity contribution in [2.75, 3.05) is 44.3 Å². The van der Waals surface area contributed by atoms with Crippen LogP contribution in [0, 0.1) is 13.8 Å². The van der Waals surface area contributed by atoms with Crippen LogP contribution in [-0.4, -0.2) is 64.8 Å². The Balaban J connectivity index is 1.60. The van der Waals surface area contributed by atoms with Crippen molar-refractivity contribution >= 4 is 55.7 Å². The normalized spacial score (nSPS) is 15.1. The number of thiazole rings is 1. The van der Waals surface area contributed by atoms with Gasteiger partial charge < -0.3 is 4.74 Å². The molecule has 1 aromatic carbocycles. The monoisotopic (exact) mass is 451 g/mol. The molecule has 0 N–H and O–H groups in total. The number of benzene rings is 1. The van der Waals surface area contributed by atoms with Crippen LogP contribution in [0.25, 0.3) is 10.2 Å². The highest BCUT2D eigenvalue weighted by atomic mass is 35.5. The van der Waals surface area contributed by atoms with Crippen LogP contribution in [0.4, 0.5) is 5.13 Å². The minimum atomic E-state index is -0.0951. The van der Waals surface area contributed by atoms with Gasteiger partial charge in [0.05, 0.1) is 29.1 Å². The number of aryl methyl sites for hydroxylation is 2. The quantitative estimate of drug-likeness (QED) is 0.567. The molecule has 0 radical (unpaired) electrons. The molecule has 0 spiro atoms. The minimum Gasteiger partial charge on any atom is -0.379 e. The van der Waals surface area contributed by atoms with Crippen LogP contribution in [0.2, 0.25) is 5.02 Å². The van der Waals surface area contributed by atoms with Crippen molar-refractivity contribution in [3.05, 3.63) is 33.3 Å². The third kappa shape index (κ3) is 4.59. The Kier molecular flexibility index (Phi) is 6.41. The molecule has 0 aliphatic carbocycles. The maximum absolute atomic E-state index is 13.3. The molecule has 2 aromatic heterocycles. The smallest absolute Gasteiger partial charge is 0.273 e. The Morgan fingerprint density at radius 3 is 2.83 bits per heavy atom. The van der Waals surface area contributed by atoms with E-state index < -0.39 is 0 Å². The SMILES string of the molecule is Cc1nnsc1C(=O)N(CCCN1CCOCC1)c1nc2c(C)cc(Cl)cc2s1. The Hall–Kier alpha value is -1.65. The first kappa shape index (κ1) is 20.6. The molecular formula is C19H22ClN5O2S2. The Labute approximate surface area is 182 Å². The summed E-state index contributed by atoms with van der Waals surface area (Å²) >= 11 is 8.84. The van der Waals surface area contributed by atoms with Crippen LogP contribution in [0.5, 0.6) is 0 Å². The van der Waals surface area contributed by atoms with Crippen LogP contribution in [0.1, 0.15) is 27.3 Å². The van der Waals surface area contributed by atoms with E-state index in [1.165, 1.54) is 11.3 Å². The van der Waals surface area contributed by atoms with Crippen LogP contribution in [0.15, 0.2) is 12.1 Å². The van der Waals surface area contributed by atoms with Crippen molar-refractivity contribution in [3.8, 4) is 0 Å². The van der Waals surface area contributed by atoms with E-state index in [0.29, 0.717) is 27.3 Å². The lowest BCUT2D eigenvalue weighted by atomic mass is 10.2.